The van der Waals surface area contributed by atoms with Gasteiger partial charge >= 0.3 is 0 Å². The zero-order valence-electron chi connectivity index (χ0n) is 19.1. The zero-order chi connectivity index (χ0) is 22.9. The monoisotopic (exact) mass is 461 g/mol. The van der Waals surface area contributed by atoms with E-state index in [1.165, 1.54) is 5.56 Å². The summed E-state index contributed by atoms with van der Waals surface area (Å²) in [5.41, 5.74) is 2.98. The summed E-state index contributed by atoms with van der Waals surface area (Å²) >= 11 is 6.36. The number of piperidine rings is 1. The molecule has 2 aromatic carbocycles. The summed E-state index contributed by atoms with van der Waals surface area (Å²) in [5, 5.41) is 0.515. The number of amides is 1. The van der Waals surface area contributed by atoms with Gasteiger partial charge in [-0.1, -0.05) is 60.1 Å². The molecule has 1 aromatic heterocycles. The molecule has 1 saturated heterocycles. The topological polar surface area (TPSA) is 36.4 Å². The van der Waals surface area contributed by atoms with Crippen molar-refractivity contribution < 1.29 is 4.79 Å². The quantitative estimate of drug-likeness (QED) is 0.429. The zero-order valence-corrected chi connectivity index (χ0v) is 19.8. The van der Waals surface area contributed by atoms with Crippen molar-refractivity contribution in [2.24, 2.45) is 5.92 Å². The van der Waals surface area contributed by atoms with Crippen LogP contribution in [0.4, 0.5) is 0 Å². The Morgan fingerprint density at radius 3 is 2.39 bits per heavy atom. The van der Waals surface area contributed by atoms with E-state index in [4.69, 9.17) is 11.6 Å². The van der Waals surface area contributed by atoms with E-state index in [9.17, 15) is 4.79 Å². The summed E-state index contributed by atoms with van der Waals surface area (Å²) in [6.07, 6.45) is 5.87. The number of carbonyl (C=O) groups excluding carboxylic acids is 1. The third-order valence-corrected chi connectivity index (χ3v) is 6.83. The lowest BCUT2D eigenvalue weighted by Crippen LogP contribution is -2.42. The van der Waals surface area contributed by atoms with Gasteiger partial charge in [-0.3, -0.25) is 9.78 Å². The lowest BCUT2D eigenvalue weighted by molar-refractivity contribution is 0.0692. The fraction of sp³-hybridized carbons (Fsp3) is 0.357. The molecule has 0 bridgehead atoms. The van der Waals surface area contributed by atoms with E-state index >= 15 is 0 Å². The van der Waals surface area contributed by atoms with Gasteiger partial charge < -0.3 is 9.80 Å². The highest BCUT2D eigenvalue weighted by Crippen LogP contribution is 2.22. The normalized spacial score (nSPS) is 14.8. The molecule has 3 aromatic rings. The van der Waals surface area contributed by atoms with Crippen LogP contribution >= 0.6 is 11.6 Å². The van der Waals surface area contributed by atoms with Crippen molar-refractivity contribution in [2.45, 2.75) is 25.7 Å². The van der Waals surface area contributed by atoms with Gasteiger partial charge in [0.2, 0.25) is 0 Å². The smallest absolute Gasteiger partial charge is 0.255 e. The van der Waals surface area contributed by atoms with Gasteiger partial charge in [-0.05, 0) is 68.1 Å². The molecule has 0 unspecified atom stereocenters. The summed E-state index contributed by atoms with van der Waals surface area (Å²) in [6.45, 7) is 4.69. The van der Waals surface area contributed by atoms with E-state index in [2.05, 4.69) is 40.2 Å². The van der Waals surface area contributed by atoms with Crippen LogP contribution in [-0.4, -0.2) is 53.4 Å². The molecule has 0 aliphatic carbocycles. The summed E-state index contributed by atoms with van der Waals surface area (Å²) in [5.74, 6) is 0.524. The average molecular weight is 462 g/mol. The average Bonchev–Trinajstić information content (AvgIpc) is 2.87. The van der Waals surface area contributed by atoms with Gasteiger partial charge in [-0.15, -0.1) is 0 Å². The molecule has 0 saturated carbocycles. The predicted molar refractivity (Wildman–Crippen MR) is 135 cm³/mol. The van der Waals surface area contributed by atoms with Crippen LogP contribution in [-0.2, 0) is 12.8 Å². The Kier molecular flexibility index (Phi) is 8.51. The van der Waals surface area contributed by atoms with E-state index in [-0.39, 0.29) is 5.91 Å². The number of hydrogen-bond acceptors (Lipinski definition) is 3. The van der Waals surface area contributed by atoms with Crippen molar-refractivity contribution in [3.05, 3.63) is 101 Å². The number of halogens is 1. The number of benzene rings is 2. The number of nitrogens with zero attached hydrogens (tertiary/aromatic N) is 3. The van der Waals surface area contributed by atoms with Crippen LogP contribution in [0.15, 0.2) is 79.0 Å². The van der Waals surface area contributed by atoms with E-state index in [0.29, 0.717) is 23.0 Å². The van der Waals surface area contributed by atoms with Crippen LogP contribution in [0.5, 0.6) is 0 Å². The largest absolute Gasteiger partial charge is 0.338 e. The number of rotatable bonds is 9. The summed E-state index contributed by atoms with van der Waals surface area (Å²) in [4.78, 5) is 22.4. The van der Waals surface area contributed by atoms with Gasteiger partial charge in [0, 0.05) is 37.9 Å². The molecular weight excluding hydrogens is 430 g/mol. The first-order valence-electron chi connectivity index (χ1n) is 11.9. The van der Waals surface area contributed by atoms with Gasteiger partial charge in [0.25, 0.3) is 5.91 Å². The van der Waals surface area contributed by atoms with Crippen molar-refractivity contribution in [2.75, 3.05) is 32.7 Å². The highest BCUT2D eigenvalue weighted by molar-refractivity contribution is 6.33. The van der Waals surface area contributed by atoms with Crippen LogP contribution in [0, 0.1) is 5.92 Å². The number of carbonyl (C=O) groups is 1. The third kappa shape index (κ3) is 6.89. The fourth-order valence-corrected chi connectivity index (χ4v) is 4.73. The summed E-state index contributed by atoms with van der Waals surface area (Å²) in [6, 6.07) is 24.0. The van der Waals surface area contributed by atoms with Crippen molar-refractivity contribution in [3.8, 4) is 0 Å². The Labute approximate surface area is 202 Å². The fourth-order valence-electron chi connectivity index (χ4n) is 4.51. The van der Waals surface area contributed by atoms with Gasteiger partial charge in [-0.2, -0.15) is 0 Å². The Morgan fingerprint density at radius 2 is 1.67 bits per heavy atom. The van der Waals surface area contributed by atoms with Crippen molar-refractivity contribution in [1.29, 1.82) is 0 Å². The Hall–Kier alpha value is -2.69. The minimum Gasteiger partial charge on any atom is -0.338 e. The van der Waals surface area contributed by atoms with Crippen LogP contribution < -0.4 is 0 Å². The molecule has 0 atom stereocenters. The molecule has 2 heterocycles. The molecular formula is C28H32ClN3O. The third-order valence-electron chi connectivity index (χ3n) is 6.50. The molecule has 4 rings (SSSR count). The number of hydrogen-bond donors (Lipinski definition) is 0. The number of likely N-dealkylation sites (tertiary alicyclic amines) is 1. The van der Waals surface area contributed by atoms with Gasteiger partial charge in [-0.25, -0.2) is 0 Å². The number of aromatic nitrogens is 1. The van der Waals surface area contributed by atoms with E-state index in [1.54, 1.807) is 12.3 Å². The first-order valence-corrected chi connectivity index (χ1v) is 12.3. The highest BCUT2D eigenvalue weighted by Gasteiger charge is 2.25. The van der Waals surface area contributed by atoms with Gasteiger partial charge in [0.1, 0.15) is 0 Å². The van der Waals surface area contributed by atoms with Crippen LogP contribution in [0.2, 0.25) is 5.02 Å². The first kappa shape index (κ1) is 23.5. The van der Waals surface area contributed by atoms with Crippen LogP contribution in [0.25, 0.3) is 0 Å². The molecule has 5 heteroatoms. The maximum absolute atomic E-state index is 13.4. The lowest BCUT2D eigenvalue weighted by atomic mass is 9.95. The molecule has 1 fully saturated rings. The molecule has 172 valence electrons. The summed E-state index contributed by atoms with van der Waals surface area (Å²) in [7, 11) is 0. The van der Waals surface area contributed by atoms with E-state index in [1.807, 2.05) is 41.3 Å². The standard InChI is InChI=1S/C28H32ClN3O/c29-27-12-5-4-11-26(27)28(33)32(21-16-25-10-6-7-17-30-25)22-24-14-19-31(20-15-24)18-13-23-8-2-1-3-9-23/h1-12,17,24H,13-16,18-22H2. The Bertz CT molecular complexity index is 1000. The van der Waals surface area contributed by atoms with Crippen LogP contribution in [0.3, 0.4) is 0 Å². The molecule has 0 spiro atoms. The van der Waals surface area contributed by atoms with E-state index in [0.717, 1.165) is 57.6 Å². The van der Waals surface area contributed by atoms with Gasteiger partial charge in [0.15, 0.2) is 0 Å². The second-order valence-electron chi connectivity index (χ2n) is 8.82. The molecule has 0 radical (unpaired) electrons. The minimum atomic E-state index is 0.0167. The lowest BCUT2D eigenvalue weighted by Gasteiger charge is -2.35. The minimum absolute atomic E-state index is 0.0167. The maximum Gasteiger partial charge on any atom is 0.255 e. The van der Waals surface area contributed by atoms with Crippen molar-refractivity contribution in [1.82, 2.24) is 14.8 Å². The second kappa shape index (κ2) is 12.0. The number of pyridine rings is 1. The molecule has 1 aliphatic rings. The van der Waals surface area contributed by atoms with Crippen molar-refractivity contribution >= 4 is 17.5 Å². The molecule has 1 aliphatic heterocycles. The molecule has 0 N–H and O–H groups in total. The maximum atomic E-state index is 13.4. The molecule has 33 heavy (non-hydrogen) atoms. The van der Waals surface area contributed by atoms with Crippen LogP contribution in [0.1, 0.15) is 34.5 Å². The SMILES string of the molecule is O=C(c1ccccc1Cl)N(CCc1ccccn1)CC1CCN(CCc2ccccc2)CC1. The van der Waals surface area contributed by atoms with Gasteiger partial charge in [0.05, 0.1) is 10.6 Å². The Balaban J connectivity index is 1.34. The Morgan fingerprint density at radius 1 is 0.939 bits per heavy atom. The van der Waals surface area contributed by atoms with E-state index < -0.39 is 0 Å². The molecule has 1 amide bonds. The molecule has 4 nitrogen and oxygen atoms in total. The first-order chi connectivity index (χ1) is 16.2. The highest BCUT2D eigenvalue weighted by atomic mass is 35.5. The predicted octanol–water partition coefficient (Wildman–Crippen LogP) is 5.37. The second-order valence-corrected chi connectivity index (χ2v) is 9.23. The summed E-state index contributed by atoms with van der Waals surface area (Å²) < 4.78 is 0. The van der Waals surface area contributed by atoms with Crippen molar-refractivity contribution in [3.63, 3.8) is 0 Å².